The summed E-state index contributed by atoms with van der Waals surface area (Å²) in [6.45, 7) is 2.43. The first kappa shape index (κ1) is 17.8. The second kappa shape index (κ2) is 8.40. The number of carbonyl (C=O) groups excluding carboxylic acids is 1. The van der Waals surface area contributed by atoms with Crippen LogP contribution in [0.15, 0.2) is 39.4 Å². The Balaban J connectivity index is 1.73. The van der Waals surface area contributed by atoms with Gasteiger partial charge in [0.15, 0.2) is 11.5 Å². The highest BCUT2D eigenvalue weighted by molar-refractivity contribution is 9.10. The van der Waals surface area contributed by atoms with E-state index in [1.165, 1.54) is 0 Å². The van der Waals surface area contributed by atoms with E-state index in [4.69, 9.17) is 18.6 Å². The van der Waals surface area contributed by atoms with E-state index in [0.29, 0.717) is 44.4 Å². The third kappa shape index (κ3) is 4.55. The van der Waals surface area contributed by atoms with Gasteiger partial charge in [-0.2, -0.15) is 0 Å². The summed E-state index contributed by atoms with van der Waals surface area (Å²) in [6.07, 6.45) is 1.85. The van der Waals surface area contributed by atoms with Crippen LogP contribution >= 0.6 is 15.9 Å². The molecule has 2 heterocycles. The van der Waals surface area contributed by atoms with Gasteiger partial charge in [0.2, 0.25) is 5.91 Å². The zero-order valence-corrected chi connectivity index (χ0v) is 15.6. The molecule has 1 aromatic heterocycles. The predicted molar refractivity (Wildman–Crippen MR) is 94.8 cm³/mol. The van der Waals surface area contributed by atoms with E-state index in [2.05, 4.69) is 15.9 Å². The van der Waals surface area contributed by atoms with E-state index >= 15 is 0 Å². The molecule has 0 radical (unpaired) electrons. The molecule has 0 N–H and O–H groups in total. The number of carbonyl (C=O) groups is 1. The van der Waals surface area contributed by atoms with Crippen molar-refractivity contribution in [3.63, 3.8) is 0 Å². The van der Waals surface area contributed by atoms with Gasteiger partial charge < -0.3 is 23.5 Å². The zero-order chi connectivity index (χ0) is 17.6. The molecule has 1 aromatic carbocycles. The Kier molecular flexibility index (Phi) is 5.99. The zero-order valence-electron chi connectivity index (χ0n) is 14.0. The lowest BCUT2D eigenvalue weighted by atomic mass is 10.1. The highest BCUT2D eigenvalue weighted by Crippen LogP contribution is 2.35. The topological polar surface area (TPSA) is 61.1 Å². The summed E-state index contributed by atoms with van der Waals surface area (Å²) >= 11 is 3.52. The van der Waals surface area contributed by atoms with Crippen LogP contribution in [-0.2, 0) is 22.5 Å². The fourth-order valence-corrected chi connectivity index (χ4v) is 3.06. The van der Waals surface area contributed by atoms with E-state index in [1.54, 1.807) is 18.3 Å². The quantitative estimate of drug-likeness (QED) is 0.703. The lowest BCUT2D eigenvalue weighted by Gasteiger charge is -2.23. The number of hydrogen-bond acceptors (Lipinski definition) is 5. The number of nitrogens with zero attached hydrogens (tertiary/aromatic N) is 1. The number of benzene rings is 1. The van der Waals surface area contributed by atoms with Crippen molar-refractivity contribution >= 4 is 21.8 Å². The second-order valence-corrected chi connectivity index (χ2v) is 6.51. The monoisotopic (exact) mass is 409 g/mol. The molecule has 6 nitrogen and oxygen atoms in total. The van der Waals surface area contributed by atoms with Gasteiger partial charge in [-0.15, -0.1) is 0 Å². The molecule has 3 rings (SSSR count). The van der Waals surface area contributed by atoms with E-state index in [-0.39, 0.29) is 12.3 Å². The largest absolute Gasteiger partial charge is 0.486 e. The van der Waals surface area contributed by atoms with Crippen molar-refractivity contribution in [2.24, 2.45) is 0 Å². The standard InChI is InChI=1S/C18H20BrNO5/c1-22-6-4-20(12-14-3-2-5-23-14)18(21)10-13-9-16-17(11-15(13)19)25-8-7-24-16/h2-3,5,9,11H,4,6-8,10,12H2,1H3. The number of methoxy groups -OCH3 is 1. The van der Waals surface area contributed by atoms with Crippen molar-refractivity contribution in [3.8, 4) is 11.5 Å². The third-order valence-electron chi connectivity index (χ3n) is 3.90. The van der Waals surface area contributed by atoms with Crippen LogP contribution in [0.5, 0.6) is 11.5 Å². The molecular weight excluding hydrogens is 390 g/mol. The first-order chi connectivity index (χ1) is 12.2. The number of ether oxygens (including phenoxy) is 3. The second-order valence-electron chi connectivity index (χ2n) is 5.65. The molecule has 1 amide bonds. The molecule has 0 aliphatic carbocycles. The Hall–Kier alpha value is -1.99. The summed E-state index contributed by atoms with van der Waals surface area (Å²) in [4.78, 5) is 14.5. The highest BCUT2D eigenvalue weighted by atomic mass is 79.9. The minimum absolute atomic E-state index is 0.00849. The van der Waals surface area contributed by atoms with Crippen LogP contribution < -0.4 is 9.47 Å². The van der Waals surface area contributed by atoms with E-state index in [9.17, 15) is 4.79 Å². The molecular formula is C18H20BrNO5. The van der Waals surface area contributed by atoms with Gasteiger partial charge in [-0.1, -0.05) is 15.9 Å². The van der Waals surface area contributed by atoms with Gasteiger partial charge in [0, 0.05) is 18.1 Å². The van der Waals surface area contributed by atoms with Crippen LogP contribution in [0.3, 0.4) is 0 Å². The molecule has 25 heavy (non-hydrogen) atoms. The summed E-state index contributed by atoms with van der Waals surface area (Å²) in [5.41, 5.74) is 0.858. The molecule has 0 unspecified atom stereocenters. The summed E-state index contributed by atoms with van der Waals surface area (Å²) in [7, 11) is 1.62. The van der Waals surface area contributed by atoms with Crippen LogP contribution in [-0.4, -0.2) is 44.3 Å². The third-order valence-corrected chi connectivity index (χ3v) is 4.64. The molecule has 0 saturated heterocycles. The fourth-order valence-electron chi connectivity index (χ4n) is 2.60. The minimum atomic E-state index is -0.00849. The molecule has 1 aliphatic heterocycles. The van der Waals surface area contributed by atoms with Crippen molar-refractivity contribution in [1.82, 2.24) is 4.90 Å². The molecule has 2 aromatic rings. The lowest BCUT2D eigenvalue weighted by molar-refractivity contribution is -0.132. The van der Waals surface area contributed by atoms with Crippen molar-refractivity contribution in [1.29, 1.82) is 0 Å². The molecule has 0 atom stereocenters. The fraction of sp³-hybridized carbons (Fsp3) is 0.389. The molecule has 1 aliphatic rings. The Morgan fingerprint density at radius 1 is 1.28 bits per heavy atom. The van der Waals surface area contributed by atoms with Crippen LogP contribution in [0.1, 0.15) is 11.3 Å². The van der Waals surface area contributed by atoms with E-state index < -0.39 is 0 Å². The van der Waals surface area contributed by atoms with Crippen LogP contribution in [0.4, 0.5) is 0 Å². The Labute approximate surface area is 154 Å². The molecule has 0 fully saturated rings. The average molecular weight is 410 g/mol. The Morgan fingerprint density at radius 3 is 2.72 bits per heavy atom. The SMILES string of the molecule is COCCN(Cc1ccco1)C(=O)Cc1cc2c(cc1Br)OCCO2. The van der Waals surface area contributed by atoms with E-state index in [0.717, 1.165) is 15.8 Å². The van der Waals surface area contributed by atoms with E-state index in [1.807, 2.05) is 24.3 Å². The van der Waals surface area contributed by atoms with Gasteiger partial charge in [-0.25, -0.2) is 0 Å². The van der Waals surface area contributed by atoms with Crippen molar-refractivity contribution in [2.75, 3.05) is 33.5 Å². The van der Waals surface area contributed by atoms with Gasteiger partial charge in [0.1, 0.15) is 19.0 Å². The Morgan fingerprint density at radius 2 is 2.04 bits per heavy atom. The van der Waals surface area contributed by atoms with Crippen LogP contribution in [0.25, 0.3) is 0 Å². The summed E-state index contributed by atoms with van der Waals surface area (Å²) in [6, 6.07) is 7.37. The first-order valence-electron chi connectivity index (χ1n) is 8.04. The lowest BCUT2D eigenvalue weighted by Crippen LogP contribution is -2.34. The maximum atomic E-state index is 12.8. The van der Waals surface area contributed by atoms with Crippen molar-refractivity contribution in [2.45, 2.75) is 13.0 Å². The highest BCUT2D eigenvalue weighted by Gasteiger charge is 2.20. The van der Waals surface area contributed by atoms with Crippen molar-refractivity contribution in [3.05, 3.63) is 46.3 Å². The molecule has 7 heteroatoms. The predicted octanol–water partition coefficient (Wildman–Crippen LogP) is 3.03. The van der Waals surface area contributed by atoms with Crippen molar-refractivity contribution < 1.29 is 23.4 Å². The minimum Gasteiger partial charge on any atom is -0.486 e. The maximum Gasteiger partial charge on any atom is 0.227 e. The summed E-state index contributed by atoms with van der Waals surface area (Å²) in [5, 5.41) is 0. The average Bonchev–Trinajstić information content (AvgIpc) is 3.12. The van der Waals surface area contributed by atoms with Gasteiger partial charge >= 0.3 is 0 Å². The molecule has 134 valence electrons. The number of hydrogen-bond donors (Lipinski definition) is 0. The number of amides is 1. The molecule has 0 saturated carbocycles. The Bertz CT molecular complexity index is 717. The number of rotatable bonds is 7. The number of halogens is 1. The normalized spacial score (nSPS) is 12.9. The number of fused-ring (bicyclic) bond motifs is 1. The summed E-state index contributed by atoms with van der Waals surface area (Å²) < 4.78 is 22.5. The van der Waals surface area contributed by atoms with Gasteiger partial charge in [0.25, 0.3) is 0 Å². The van der Waals surface area contributed by atoms with Crippen LogP contribution in [0, 0.1) is 0 Å². The number of furan rings is 1. The van der Waals surface area contributed by atoms with Gasteiger partial charge in [-0.3, -0.25) is 4.79 Å². The molecule has 0 spiro atoms. The molecule has 0 bridgehead atoms. The first-order valence-corrected chi connectivity index (χ1v) is 8.84. The van der Waals surface area contributed by atoms with Gasteiger partial charge in [-0.05, 0) is 29.8 Å². The summed E-state index contributed by atoms with van der Waals surface area (Å²) in [5.74, 6) is 2.10. The smallest absolute Gasteiger partial charge is 0.227 e. The van der Waals surface area contributed by atoms with Gasteiger partial charge in [0.05, 0.1) is 25.8 Å². The van der Waals surface area contributed by atoms with Crippen LogP contribution in [0.2, 0.25) is 0 Å². The maximum absolute atomic E-state index is 12.8.